The molecule has 1 aliphatic rings. The van der Waals surface area contributed by atoms with Crippen LogP contribution in [0.2, 0.25) is 0 Å². The van der Waals surface area contributed by atoms with Crippen molar-refractivity contribution in [2.45, 2.75) is 4.90 Å². The Morgan fingerprint density at radius 1 is 1.04 bits per heavy atom. The maximum Gasteiger partial charge on any atom is 0.261 e. The van der Waals surface area contributed by atoms with Gasteiger partial charge in [-0.3, -0.25) is 4.72 Å². The van der Waals surface area contributed by atoms with Crippen molar-refractivity contribution in [2.24, 2.45) is 0 Å². The molecule has 0 spiro atoms. The van der Waals surface area contributed by atoms with Crippen LogP contribution in [0.15, 0.2) is 53.4 Å². The average molecular weight is 336 g/mol. The number of anilines is 2. The molecule has 0 atom stereocenters. The molecule has 1 N–H and O–H groups in total. The maximum absolute atomic E-state index is 14.0. The number of halogens is 1. The van der Waals surface area contributed by atoms with Gasteiger partial charge in [-0.05, 0) is 30.3 Å². The second-order valence-corrected chi connectivity index (χ2v) is 6.86. The fourth-order valence-corrected chi connectivity index (χ4v) is 3.49. The summed E-state index contributed by atoms with van der Waals surface area (Å²) in [6.45, 7) is 2.58. The summed E-state index contributed by atoms with van der Waals surface area (Å²) in [6, 6.07) is 12.3. The van der Waals surface area contributed by atoms with Crippen LogP contribution in [0, 0.1) is 5.82 Å². The lowest BCUT2D eigenvalue weighted by Crippen LogP contribution is -2.36. The maximum atomic E-state index is 14.0. The highest BCUT2D eigenvalue weighted by Crippen LogP contribution is 2.25. The fraction of sp³-hybridized carbons (Fsp3) is 0.250. The largest absolute Gasteiger partial charge is 0.378 e. The minimum atomic E-state index is -3.82. The highest BCUT2D eigenvalue weighted by Gasteiger charge is 2.18. The molecule has 0 bridgehead atoms. The van der Waals surface area contributed by atoms with Crippen LogP contribution in [-0.4, -0.2) is 34.7 Å². The standard InChI is InChI=1S/C16H17FN2O3S/c17-15-7-6-13(19-8-10-22-11-9-19)12-16(15)18-23(20,21)14-4-2-1-3-5-14/h1-7,12,18H,8-11H2. The van der Waals surface area contributed by atoms with Crippen molar-refractivity contribution < 1.29 is 17.5 Å². The molecule has 0 aliphatic carbocycles. The number of rotatable bonds is 4. The fourth-order valence-electron chi connectivity index (χ4n) is 2.41. The highest BCUT2D eigenvalue weighted by molar-refractivity contribution is 7.92. The number of benzene rings is 2. The third-order valence-electron chi connectivity index (χ3n) is 3.62. The summed E-state index contributed by atoms with van der Waals surface area (Å²) in [5.41, 5.74) is 0.707. The molecule has 5 nitrogen and oxygen atoms in total. The zero-order valence-corrected chi connectivity index (χ0v) is 13.2. The van der Waals surface area contributed by atoms with Gasteiger partial charge in [-0.15, -0.1) is 0 Å². The van der Waals surface area contributed by atoms with E-state index in [0.29, 0.717) is 26.3 Å². The molecule has 2 aromatic carbocycles. The van der Waals surface area contributed by atoms with Gasteiger partial charge < -0.3 is 9.64 Å². The van der Waals surface area contributed by atoms with E-state index in [1.165, 1.54) is 24.3 Å². The topological polar surface area (TPSA) is 58.6 Å². The van der Waals surface area contributed by atoms with Gasteiger partial charge in [0.25, 0.3) is 10.0 Å². The third kappa shape index (κ3) is 3.62. The van der Waals surface area contributed by atoms with E-state index in [-0.39, 0.29) is 10.6 Å². The molecule has 1 heterocycles. The number of nitrogens with one attached hydrogen (secondary N) is 1. The lowest BCUT2D eigenvalue weighted by molar-refractivity contribution is 0.122. The van der Waals surface area contributed by atoms with Crippen LogP contribution in [0.4, 0.5) is 15.8 Å². The highest BCUT2D eigenvalue weighted by atomic mass is 32.2. The lowest BCUT2D eigenvalue weighted by Gasteiger charge is -2.29. The van der Waals surface area contributed by atoms with Gasteiger partial charge in [-0.1, -0.05) is 18.2 Å². The van der Waals surface area contributed by atoms with E-state index < -0.39 is 15.8 Å². The molecule has 0 saturated carbocycles. The normalized spacial score (nSPS) is 15.4. The predicted octanol–water partition coefficient (Wildman–Crippen LogP) is 2.46. The molecule has 1 saturated heterocycles. The number of hydrogen-bond donors (Lipinski definition) is 1. The van der Waals surface area contributed by atoms with Crippen LogP contribution in [-0.2, 0) is 14.8 Å². The average Bonchev–Trinajstić information content (AvgIpc) is 2.58. The minimum Gasteiger partial charge on any atom is -0.378 e. The van der Waals surface area contributed by atoms with E-state index in [9.17, 15) is 12.8 Å². The van der Waals surface area contributed by atoms with Gasteiger partial charge in [0, 0.05) is 18.8 Å². The minimum absolute atomic E-state index is 0.0576. The first-order chi connectivity index (χ1) is 11.1. The van der Waals surface area contributed by atoms with Gasteiger partial charge in [0.2, 0.25) is 0 Å². The van der Waals surface area contributed by atoms with Crippen molar-refractivity contribution in [1.29, 1.82) is 0 Å². The second kappa shape index (κ2) is 6.55. The Hall–Kier alpha value is -2.12. The summed E-state index contributed by atoms with van der Waals surface area (Å²) in [5.74, 6) is -0.610. The summed E-state index contributed by atoms with van der Waals surface area (Å²) in [6.07, 6.45) is 0. The molecular weight excluding hydrogens is 319 g/mol. The third-order valence-corrected chi connectivity index (χ3v) is 5.01. The molecule has 1 aliphatic heterocycles. The van der Waals surface area contributed by atoms with Crippen LogP contribution in [0.1, 0.15) is 0 Å². The Balaban J connectivity index is 1.87. The van der Waals surface area contributed by atoms with Crippen LogP contribution >= 0.6 is 0 Å². The van der Waals surface area contributed by atoms with Gasteiger partial charge in [-0.2, -0.15) is 0 Å². The van der Waals surface area contributed by atoms with Crippen molar-refractivity contribution in [3.63, 3.8) is 0 Å². The smallest absolute Gasteiger partial charge is 0.261 e. The van der Waals surface area contributed by atoms with E-state index in [1.54, 1.807) is 24.3 Å². The number of ether oxygens (including phenoxy) is 1. The van der Waals surface area contributed by atoms with Crippen molar-refractivity contribution in [3.8, 4) is 0 Å². The van der Waals surface area contributed by atoms with Gasteiger partial charge in [-0.25, -0.2) is 12.8 Å². The Labute approximate surface area is 134 Å². The van der Waals surface area contributed by atoms with Crippen molar-refractivity contribution in [3.05, 3.63) is 54.3 Å². The summed E-state index contributed by atoms with van der Waals surface area (Å²) >= 11 is 0. The summed E-state index contributed by atoms with van der Waals surface area (Å²) in [7, 11) is -3.82. The quantitative estimate of drug-likeness (QED) is 0.932. The van der Waals surface area contributed by atoms with Gasteiger partial charge in [0.15, 0.2) is 0 Å². The van der Waals surface area contributed by atoms with E-state index >= 15 is 0 Å². The Kier molecular flexibility index (Phi) is 4.49. The Morgan fingerprint density at radius 3 is 2.43 bits per heavy atom. The molecule has 0 aromatic heterocycles. The summed E-state index contributed by atoms with van der Waals surface area (Å²) < 4.78 is 46.3. The van der Waals surface area contributed by atoms with E-state index in [0.717, 1.165) is 5.69 Å². The lowest BCUT2D eigenvalue weighted by atomic mass is 10.2. The van der Waals surface area contributed by atoms with Crippen LogP contribution < -0.4 is 9.62 Å². The van der Waals surface area contributed by atoms with E-state index in [2.05, 4.69) is 4.72 Å². The van der Waals surface area contributed by atoms with Crippen LogP contribution in [0.5, 0.6) is 0 Å². The Bertz CT molecular complexity index is 775. The van der Waals surface area contributed by atoms with Crippen LogP contribution in [0.25, 0.3) is 0 Å². The SMILES string of the molecule is O=S(=O)(Nc1cc(N2CCOCC2)ccc1F)c1ccccc1. The molecule has 7 heteroatoms. The van der Waals surface area contributed by atoms with Gasteiger partial charge in [0.1, 0.15) is 5.82 Å². The number of sulfonamides is 1. The zero-order chi connectivity index (χ0) is 16.3. The molecule has 0 amide bonds. The molecule has 1 fully saturated rings. The predicted molar refractivity (Wildman–Crippen MR) is 86.7 cm³/mol. The zero-order valence-electron chi connectivity index (χ0n) is 12.4. The van der Waals surface area contributed by atoms with E-state index in [1.807, 2.05) is 4.90 Å². The first kappa shape index (κ1) is 15.8. The number of nitrogens with zero attached hydrogens (tertiary/aromatic N) is 1. The monoisotopic (exact) mass is 336 g/mol. The molecule has 0 radical (unpaired) electrons. The summed E-state index contributed by atoms with van der Waals surface area (Å²) in [5, 5.41) is 0. The second-order valence-electron chi connectivity index (χ2n) is 5.18. The first-order valence-corrected chi connectivity index (χ1v) is 8.75. The van der Waals surface area contributed by atoms with E-state index in [4.69, 9.17) is 4.74 Å². The molecule has 23 heavy (non-hydrogen) atoms. The number of hydrogen-bond acceptors (Lipinski definition) is 4. The Morgan fingerprint density at radius 2 is 1.74 bits per heavy atom. The van der Waals surface area contributed by atoms with Crippen molar-refractivity contribution in [2.75, 3.05) is 35.9 Å². The number of morpholine rings is 1. The molecule has 122 valence electrons. The van der Waals surface area contributed by atoms with Crippen LogP contribution in [0.3, 0.4) is 0 Å². The summed E-state index contributed by atoms with van der Waals surface area (Å²) in [4.78, 5) is 2.12. The molecule has 0 unspecified atom stereocenters. The van der Waals surface area contributed by atoms with Gasteiger partial charge >= 0.3 is 0 Å². The molecule has 3 rings (SSSR count). The molecular formula is C16H17FN2O3S. The van der Waals surface area contributed by atoms with Gasteiger partial charge in [0.05, 0.1) is 23.8 Å². The van der Waals surface area contributed by atoms with Crippen molar-refractivity contribution >= 4 is 21.4 Å². The van der Waals surface area contributed by atoms with Crippen molar-refractivity contribution in [1.82, 2.24) is 0 Å². The first-order valence-electron chi connectivity index (χ1n) is 7.26. The molecule has 2 aromatic rings.